The summed E-state index contributed by atoms with van der Waals surface area (Å²) >= 11 is 1.47. The SMILES string of the molecule is Cl.Cl.NCCc1nc(C(=O)NCc2ccc(N3CCCC3)nc2)cs1. The van der Waals surface area contributed by atoms with Gasteiger partial charge in [-0.3, -0.25) is 4.79 Å². The van der Waals surface area contributed by atoms with Crippen LogP contribution in [0.15, 0.2) is 23.7 Å². The molecule has 1 saturated heterocycles. The predicted molar refractivity (Wildman–Crippen MR) is 106 cm³/mol. The molecule has 1 aliphatic heterocycles. The van der Waals surface area contributed by atoms with E-state index in [0.29, 0.717) is 25.2 Å². The lowest BCUT2D eigenvalue weighted by atomic mass is 10.2. The second kappa shape index (κ2) is 10.6. The van der Waals surface area contributed by atoms with Crippen LogP contribution in [0.3, 0.4) is 0 Å². The Morgan fingerprint density at radius 1 is 1.28 bits per heavy atom. The molecule has 9 heteroatoms. The Hall–Kier alpha value is -1.41. The van der Waals surface area contributed by atoms with E-state index in [-0.39, 0.29) is 30.7 Å². The highest BCUT2D eigenvalue weighted by atomic mass is 35.5. The van der Waals surface area contributed by atoms with Gasteiger partial charge in [0.1, 0.15) is 11.5 Å². The summed E-state index contributed by atoms with van der Waals surface area (Å²) in [7, 11) is 0. The van der Waals surface area contributed by atoms with Crippen molar-refractivity contribution in [2.75, 3.05) is 24.5 Å². The number of anilines is 1. The Morgan fingerprint density at radius 2 is 2.04 bits per heavy atom. The number of hydrogen-bond acceptors (Lipinski definition) is 6. The molecule has 6 nitrogen and oxygen atoms in total. The molecule has 0 atom stereocenters. The molecule has 0 radical (unpaired) electrons. The first-order valence-corrected chi connectivity index (χ1v) is 8.77. The third kappa shape index (κ3) is 5.81. The fourth-order valence-electron chi connectivity index (χ4n) is 2.58. The second-order valence-electron chi connectivity index (χ2n) is 5.57. The van der Waals surface area contributed by atoms with Crippen LogP contribution in [-0.2, 0) is 13.0 Å². The maximum Gasteiger partial charge on any atom is 0.271 e. The number of aromatic nitrogens is 2. The quantitative estimate of drug-likeness (QED) is 0.773. The van der Waals surface area contributed by atoms with E-state index in [1.54, 1.807) is 5.38 Å². The zero-order chi connectivity index (χ0) is 16.1. The minimum absolute atomic E-state index is 0. The van der Waals surface area contributed by atoms with Gasteiger partial charge in [-0.25, -0.2) is 9.97 Å². The van der Waals surface area contributed by atoms with Gasteiger partial charge in [0.05, 0.1) is 5.01 Å². The number of rotatable bonds is 6. The molecule has 0 aliphatic carbocycles. The number of hydrogen-bond donors (Lipinski definition) is 2. The molecular weight excluding hydrogens is 381 g/mol. The predicted octanol–water partition coefficient (Wildman–Crippen LogP) is 2.41. The van der Waals surface area contributed by atoms with Crippen molar-refractivity contribution < 1.29 is 4.79 Å². The summed E-state index contributed by atoms with van der Waals surface area (Å²) in [6.45, 7) is 3.16. The summed E-state index contributed by atoms with van der Waals surface area (Å²) in [6, 6.07) is 4.04. The van der Waals surface area contributed by atoms with Crippen molar-refractivity contribution in [2.45, 2.75) is 25.8 Å². The third-order valence-corrected chi connectivity index (χ3v) is 4.74. The second-order valence-corrected chi connectivity index (χ2v) is 6.51. The van der Waals surface area contributed by atoms with Gasteiger partial charge in [0, 0.05) is 37.6 Å². The van der Waals surface area contributed by atoms with Crippen molar-refractivity contribution >= 4 is 47.9 Å². The van der Waals surface area contributed by atoms with E-state index >= 15 is 0 Å². The first-order chi connectivity index (χ1) is 11.3. The van der Waals surface area contributed by atoms with Gasteiger partial charge in [-0.2, -0.15) is 0 Å². The van der Waals surface area contributed by atoms with E-state index < -0.39 is 0 Å². The number of carbonyl (C=O) groups excluding carboxylic acids is 1. The number of pyridine rings is 1. The number of nitrogens with one attached hydrogen (secondary N) is 1. The Balaban J connectivity index is 0.00000156. The molecule has 2 aromatic heterocycles. The van der Waals surface area contributed by atoms with Crippen LogP contribution in [0.4, 0.5) is 5.82 Å². The molecule has 1 aliphatic rings. The molecule has 0 bridgehead atoms. The lowest BCUT2D eigenvalue weighted by Crippen LogP contribution is -2.23. The maximum atomic E-state index is 12.1. The van der Waals surface area contributed by atoms with Crippen molar-refractivity contribution in [1.29, 1.82) is 0 Å². The fourth-order valence-corrected chi connectivity index (χ4v) is 3.38. The van der Waals surface area contributed by atoms with Crippen molar-refractivity contribution in [3.8, 4) is 0 Å². The molecule has 0 spiro atoms. The lowest BCUT2D eigenvalue weighted by molar-refractivity contribution is 0.0946. The van der Waals surface area contributed by atoms with Gasteiger partial charge in [-0.05, 0) is 31.0 Å². The van der Waals surface area contributed by atoms with E-state index in [1.807, 2.05) is 18.3 Å². The van der Waals surface area contributed by atoms with E-state index in [9.17, 15) is 4.79 Å². The summed E-state index contributed by atoms with van der Waals surface area (Å²) in [5, 5.41) is 5.55. The highest BCUT2D eigenvalue weighted by molar-refractivity contribution is 7.09. The van der Waals surface area contributed by atoms with Gasteiger partial charge in [-0.1, -0.05) is 6.07 Å². The summed E-state index contributed by atoms with van der Waals surface area (Å²) in [5.41, 5.74) is 6.94. The average molecular weight is 404 g/mol. The van der Waals surface area contributed by atoms with Crippen LogP contribution in [0.2, 0.25) is 0 Å². The highest BCUT2D eigenvalue weighted by Gasteiger charge is 2.13. The number of halogens is 2. The van der Waals surface area contributed by atoms with Crippen molar-refractivity contribution in [3.63, 3.8) is 0 Å². The molecule has 0 saturated carbocycles. The number of carbonyl (C=O) groups is 1. The Morgan fingerprint density at radius 3 is 2.68 bits per heavy atom. The first-order valence-electron chi connectivity index (χ1n) is 7.89. The van der Waals surface area contributed by atoms with Gasteiger partial charge >= 0.3 is 0 Å². The molecule has 3 rings (SSSR count). The molecule has 3 N–H and O–H groups in total. The van der Waals surface area contributed by atoms with Gasteiger partial charge in [0.25, 0.3) is 5.91 Å². The molecule has 0 unspecified atom stereocenters. The molecule has 1 fully saturated rings. The van der Waals surface area contributed by atoms with Gasteiger partial charge < -0.3 is 16.0 Å². The standard InChI is InChI=1S/C16H21N5OS.2ClH/c17-6-5-15-20-13(11-23-15)16(22)19-10-12-3-4-14(18-9-12)21-7-1-2-8-21;;/h3-4,9,11H,1-2,5-8,10,17H2,(H,19,22);2*1H. The lowest BCUT2D eigenvalue weighted by Gasteiger charge is -2.16. The van der Waals surface area contributed by atoms with Crippen LogP contribution < -0.4 is 16.0 Å². The zero-order valence-electron chi connectivity index (χ0n) is 13.8. The summed E-state index contributed by atoms with van der Waals surface area (Å²) in [4.78, 5) is 23.1. The Labute approximate surface area is 164 Å². The number of nitrogens with two attached hydrogens (primary N) is 1. The molecule has 25 heavy (non-hydrogen) atoms. The van der Waals surface area contributed by atoms with Crippen LogP contribution in [-0.4, -0.2) is 35.5 Å². The Kier molecular flexibility index (Phi) is 9.13. The molecular formula is C16H23Cl2N5OS. The van der Waals surface area contributed by atoms with Crippen molar-refractivity contribution in [3.05, 3.63) is 40.0 Å². The summed E-state index contributed by atoms with van der Waals surface area (Å²) in [5.74, 6) is 0.858. The molecule has 1 amide bonds. The van der Waals surface area contributed by atoms with E-state index in [0.717, 1.165) is 29.5 Å². The third-order valence-electron chi connectivity index (χ3n) is 3.83. The normalized spacial score (nSPS) is 13.1. The van der Waals surface area contributed by atoms with E-state index in [4.69, 9.17) is 5.73 Å². The largest absolute Gasteiger partial charge is 0.357 e. The van der Waals surface area contributed by atoms with Crippen LogP contribution in [0, 0.1) is 0 Å². The molecule has 3 heterocycles. The fraction of sp³-hybridized carbons (Fsp3) is 0.438. The smallest absolute Gasteiger partial charge is 0.271 e. The van der Waals surface area contributed by atoms with Crippen LogP contribution in [0.5, 0.6) is 0 Å². The van der Waals surface area contributed by atoms with Crippen molar-refractivity contribution in [2.24, 2.45) is 5.73 Å². The van der Waals surface area contributed by atoms with Gasteiger partial charge in [0.2, 0.25) is 0 Å². The van der Waals surface area contributed by atoms with Gasteiger partial charge in [-0.15, -0.1) is 36.2 Å². The first kappa shape index (κ1) is 21.6. The zero-order valence-corrected chi connectivity index (χ0v) is 16.3. The molecule has 0 aromatic carbocycles. The topological polar surface area (TPSA) is 84.1 Å². The van der Waals surface area contributed by atoms with Crippen LogP contribution in [0.1, 0.15) is 33.9 Å². The summed E-state index contributed by atoms with van der Waals surface area (Å²) in [6.07, 6.45) is 5.01. The number of nitrogens with zero attached hydrogens (tertiary/aromatic N) is 3. The van der Waals surface area contributed by atoms with E-state index in [2.05, 4.69) is 20.2 Å². The minimum atomic E-state index is -0.159. The Bertz CT molecular complexity index is 659. The van der Waals surface area contributed by atoms with Gasteiger partial charge in [0.15, 0.2) is 0 Å². The number of amides is 1. The van der Waals surface area contributed by atoms with E-state index in [1.165, 1.54) is 24.2 Å². The minimum Gasteiger partial charge on any atom is -0.357 e. The van der Waals surface area contributed by atoms with Crippen LogP contribution >= 0.6 is 36.2 Å². The average Bonchev–Trinajstić information content (AvgIpc) is 3.25. The monoisotopic (exact) mass is 403 g/mol. The maximum absolute atomic E-state index is 12.1. The molecule has 2 aromatic rings. The molecule has 138 valence electrons. The highest BCUT2D eigenvalue weighted by Crippen LogP contribution is 2.17. The van der Waals surface area contributed by atoms with Crippen molar-refractivity contribution in [1.82, 2.24) is 15.3 Å². The number of thiazole rings is 1. The summed E-state index contributed by atoms with van der Waals surface area (Å²) < 4.78 is 0. The van der Waals surface area contributed by atoms with Crippen LogP contribution in [0.25, 0.3) is 0 Å².